The van der Waals surface area contributed by atoms with Gasteiger partial charge in [0, 0.05) is 16.1 Å². The second kappa shape index (κ2) is 3.83. The van der Waals surface area contributed by atoms with E-state index in [0.29, 0.717) is 11.6 Å². The molecule has 80 valence electrons. The SMILES string of the molecule is Cc1c2ccc(Cl)cc2nn1CC(C)O. The van der Waals surface area contributed by atoms with Gasteiger partial charge in [0.2, 0.25) is 0 Å². The Kier molecular flexibility index (Phi) is 2.67. The monoisotopic (exact) mass is 224 g/mol. The zero-order chi connectivity index (χ0) is 11.0. The number of nitrogens with zero attached hydrogens (tertiary/aromatic N) is 2. The van der Waals surface area contributed by atoms with Gasteiger partial charge in [0.1, 0.15) is 0 Å². The second-order valence-corrected chi connectivity index (χ2v) is 4.21. The number of benzene rings is 1. The van der Waals surface area contributed by atoms with Crippen LogP contribution in [0.5, 0.6) is 0 Å². The van der Waals surface area contributed by atoms with Crippen LogP contribution in [0.2, 0.25) is 5.02 Å². The van der Waals surface area contributed by atoms with Gasteiger partial charge in [-0.3, -0.25) is 4.68 Å². The number of rotatable bonds is 2. The van der Waals surface area contributed by atoms with Crippen LogP contribution in [-0.4, -0.2) is 21.0 Å². The molecule has 4 heteroatoms. The molecule has 0 aliphatic heterocycles. The zero-order valence-corrected chi connectivity index (χ0v) is 9.49. The van der Waals surface area contributed by atoms with Crippen LogP contribution in [0.25, 0.3) is 10.9 Å². The summed E-state index contributed by atoms with van der Waals surface area (Å²) in [6, 6.07) is 5.65. The molecule has 2 rings (SSSR count). The Balaban J connectivity index is 2.54. The van der Waals surface area contributed by atoms with Gasteiger partial charge in [-0.25, -0.2) is 0 Å². The number of aliphatic hydroxyl groups is 1. The molecule has 1 aromatic heterocycles. The van der Waals surface area contributed by atoms with E-state index < -0.39 is 6.10 Å². The van der Waals surface area contributed by atoms with Crippen molar-refractivity contribution in [3.8, 4) is 0 Å². The first-order valence-electron chi connectivity index (χ1n) is 4.88. The first kappa shape index (κ1) is 10.5. The number of hydrogen-bond acceptors (Lipinski definition) is 2. The third-order valence-electron chi connectivity index (χ3n) is 2.40. The van der Waals surface area contributed by atoms with Gasteiger partial charge >= 0.3 is 0 Å². The lowest BCUT2D eigenvalue weighted by molar-refractivity contribution is 0.168. The summed E-state index contributed by atoms with van der Waals surface area (Å²) in [4.78, 5) is 0. The quantitative estimate of drug-likeness (QED) is 0.851. The number of fused-ring (bicyclic) bond motifs is 1. The van der Waals surface area contributed by atoms with Gasteiger partial charge in [0.05, 0.1) is 18.2 Å². The summed E-state index contributed by atoms with van der Waals surface area (Å²) < 4.78 is 1.81. The molecule has 1 heterocycles. The predicted octanol–water partition coefficient (Wildman–Crippen LogP) is 2.38. The maximum atomic E-state index is 9.32. The van der Waals surface area contributed by atoms with Crippen molar-refractivity contribution >= 4 is 22.5 Å². The summed E-state index contributed by atoms with van der Waals surface area (Å²) in [6.45, 7) is 4.25. The minimum absolute atomic E-state index is 0.395. The molecule has 2 aromatic rings. The molecule has 0 bridgehead atoms. The molecule has 1 N–H and O–H groups in total. The first-order chi connectivity index (χ1) is 7.08. The summed E-state index contributed by atoms with van der Waals surface area (Å²) in [5, 5.41) is 15.5. The number of hydrogen-bond donors (Lipinski definition) is 1. The third kappa shape index (κ3) is 1.98. The summed E-state index contributed by atoms with van der Waals surface area (Å²) in [7, 11) is 0. The second-order valence-electron chi connectivity index (χ2n) is 3.78. The predicted molar refractivity (Wildman–Crippen MR) is 61.2 cm³/mol. The van der Waals surface area contributed by atoms with Crippen molar-refractivity contribution in [2.24, 2.45) is 0 Å². The zero-order valence-electron chi connectivity index (χ0n) is 8.74. The van der Waals surface area contributed by atoms with Crippen molar-refractivity contribution < 1.29 is 5.11 Å². The van der Waals surface area contributed by atoms with Gasteiger partial charge in [0.25, 0.3) is 0 Å². The van der Waals surface area contributed by atoms with Crippen LogP contribution in [-0.2, 0) is 6.54 Å². The average molecular weight is 225 g/mol. The fourth-order valence-corrected chi connectivity index (χ4v) is 1.83. The molecule has 0 aliphatic rings. The molecular formula is C11H13ClN2O. The Morgan fingerprint density at radius 3 is 2.93 bits per heavy atom. The van der Waals surface area contributed by atoms with E-state index in [0.717, 1.165) is 16.6 Å². The van der Waals surface area contributed by atoms with E-state index in [4.69, 9.17) is 11.6 Å². The van der Waals surface area contributed by atoms with Crippen LogP contribution in [0.15, 0.2) is 18.2 Å². The van der Waals surface area contributed by atoms with Crippen LogP contribution >= 0.6 is 11.6 Å². The van der Waals surface area contributed by atoms with E-state index in [2.05, 4.69) is 5.10 Å². The summed E-state index contributed by atoms with van der Waals surface area (Å²) in [5.74, 6) is 0. The Labute approximate surface area is 93.3 Å². The van der Waals surface area contributed by atoms with Gasteiger partial charge in [-0.1, -0.05) is 11.6 Å². The number of aliphatic hydroxyl groups excluding tert-OH is 1. The van der Waals surface area contributed by atoms with Crippen molar-refractivity contribution in [2.45, 2.75) is 26.5 Å². The number of aromatic nitrogens is 2. The standard InChI is InChI=1S/C11H13ClN2O/c1-7(15)6-14-8(2)10-4-3-9(12)5-11(10)13-14/h3-5,7,15H,6H2,1-2H3. The fourth-order valence-electron chi connectivity index (χ4n) is 1.67. The van der Waals surface area contributed by atoms with Gasteiger partial charge in [-0.2, -0.15) is 5.10 Å². The Morgan fingerprint density at radius 1 is 1.53 bits per heavy atom. The van der Waals surface area contributed by atoms with E-state index in [9.17, 15) is 5.11 Å². The molecule has 0 spiro atoms. The topological polar surface area (TPSA) is 38.0 Å². The van der Waals surface area contributed by atoms with E-state index in [1.165, 1.54) is 0 Å². The molecule has 0 saturated heterocycles. The largest absolute Gasteiger partial charge is 0.391 e. The fraction of sp³-hybridized carbons (Fsp3) is 0.364. The summed E-state index contributed by atoms with van der Waals surface area (Å²) in [5.41, 5.74) is 1.93. The third-order valence-corrected chi connectivity index (χ3v) is 2.64. The maximum Gasteiger partial charge on any atom is 0.0940 e. The molecule has 1 atom stereocenters. The molecule has 0 aliphatic carbocycles. The highest BCUT2D eigenvalue weighted by atomic mass is 35.5. The average Bonchev–Trinajstić information content (AvgIpc) is 2.42. The maximum absolute atomic E-state index is 9.32. The Bertz CT molecular complexity index is 491. The lowest BCUT2D eigenvalue weighted by Gasteiger charge is -2.05. The van der Waals surface area contributed by atoms with Crippen LogP contribution in [0.4, 0.5) is 0 Å². The van der Waals surface area contributed by atoms with E-state index in [-0.39, 0.29) is 0 Å². The van der Waals surface area contributed by atoms with Crippen molar-refractivity contribution in [2.75, 3.05) is 0 Å². The van der Waals surface area contributed by atoms with Gasteiger partial charge in [-0.15, -0.1) is 0 Å². The first-order valence-corrected chi connectivity index (χ1v) is 5.26. The van der Waals surface area contributed by atoms with E-state index in [1.54, 1.807) is 6.92 Å². The Morgan fingerprint density at radius 2 is 2.27 bits per heavy atom. The van der Waals surface area contributed by atoms with Crippen LogP contribution < -0.4 is 0 Å². The highest BCUT2D eigenvalue weighted by Gasteiger charge is 2.08. The van der Waals surface area contributed by atoms with Gasteiger partial charge < -0.3 is 5.11 Å². The highest BCUT2D eigenvalue weighted by molar-refractivity contribution is 6.31. The smallest absolute Gasteiger partial charge is 0.0940 e. The van der Waals surface area contributed by atoms with Crippen molar-refractivity contribution in [3.63, 3.8) is 0 Å². The molecule has 3 nitrogen and oxygen atoms in total. The van der Waals surface area contributed by atoms with Crippen molar-refractivity contribution in [1.29, 1.82) is 0 Å². The van der Waals surface area contributed by atoms with E-state index in [1.807, 2.05) is 29.8 Å². The minimum atomic E-state index is -0.395. The van der Waals surface area contributed by atoms with Crippen LogP contribution in [0.1, 0.15) is 12.6 Å². The molecule has 15 heavy (non-hydrogen) atoms. The molecule has 0 saturated carbocycles. The number of aryl methyl sites for hydroxylation is 1. The highest BCUT2D eigenvalue weighted by Crippen LogP contribution is 2.21. The lowest BCUT2D eigenvalue weighted by atomic mass is 10.2. The molecule has 0 radical (unpaired) electrons. The Hall–Kier alpha value is -1.06. The molecule has 1 aromatic carbocycles. The van der Waals surface area contributed by atoms with Gasteiger partial charge in [-0.05, 0) is 32.0 Å². The normalized spacial score (nSPS) is 13.3. The molecular weight excluding hydrogens is 212 g/mol. The molecule has 0 amide bonds. The minimum Gasteiger partial charge on any atom is -0.391 e. The lowest BCUT2D eigenvalue weighted by Crippen LogP contribution is -2.13. The van der Waals surface area contributed by atoms with Crippen molar-refractivity contribution in [3.05, 3.63) is 28.9 Å². The van der Waals surface area contributed by atoms with Crippen molar-refractivity contribution in [1.82, 2.24) is 9.78 Å². The van der Waals surface area contributed by atoms with Crippen LogP contribution in [0.3, 0.4) is 0 Å². The van der Waals surface area contributed by atoms with Crippen LogP contribution in [0, 0.1) is 6.92 Å². The summed E-state index contributed by atoms with van der Waals surface area (Å²) >= 11 is 5.89. The number of halogens is 1. The molecule has 1 unspecified atom stereocenters. The van der Waals surface area contributed by atoms with Gasteiger partial charge in [0.15, 0.2) is 0 Å². The van der Waals surface area contributed by atoms with E-state index >= 15 is 0 Å². The summed E-state index contributed by atoms with van der Waals surface area (Å²) in [6.07, 6.45) is -0.395. The molecule has 0 fully saturated rings.